The van der Waals surface area contributed by atoms with Crippen LogP contribution in [0.2, 0.25) is 0 Å². The standard InChI is InChI=1S/C21H22N2O3/c1-3-26-17-8-6-14(7-9-17)20(24)22-16-11-15-5-4-10-23-19(15)18(12-16)13(2)21(23)25/h6-9,11-13H,3-5,10H2,1-2H3,(H,22,24). The maximum atomic E-state index is 12.6. The molecule has 1 unspecified atom stereocenters. The molecule has 2 aromatic carbocycles. The number of hydrogen-bond acceptors (Lipinski definition) is 3. The van der Waals surface area contributed by atoms with Gasteiger partial charge in [0.25, 0.3) is 5.91 Å². The average Bonchev–Trinajstić information content (AvgIpc) is 2.89. The van der Waals surface area contributed by atoms with Crippen LogP contribution in [0.3, 0.4) is 0 Å². The number of nitrogens with one attached hydrogen (secondary N) is 1. The zero-order chi connectivity index (χ0) is 18.3. The second-order valence-corrected chi connectivity index (χ2v) is 6.80. The molecule has 2 heterocycles. The maximum absolute atomic E-state index is 12.6. The minimum absolute atomic E-state index is 0.149. The summed E-state index contributed by atoms with van der Waals surface area (Å²) in [5, 5.41) is 2.98. The monoisotopic (exact) mass is 350 g/mol. The number of benzene rings is 2. The maximum Gasteiger partial charge on any atom is 0.255 e. The van der Waals surface area contributed by atoms with E-state index in [9.17, 15) is 9.59 Å². The van der Waals surface area contributed by atoms with Gasteiger partial charge in [-0.25, -0.2) is 0 Å². The molecule has 2 aliphatic heterocycles. The van der Waals surface area contributed by atoms with Gasteiger partial charge >= 0.3 is 0 Å². The fourth-order valence-corrected chi connectivity index (χ4v) is 3.84. The molecule has 0 bridgehead atoms. The van der Waals surface area contributed by atoms with Crippen molar-refractivity contribution in [3.63, 3.8) is 0 Å². The number of nitrogens with zero attached hydrogens (tertiary/aromatic N) is 1. The van der Waals surface area contributed by atoms with Gasteiger partial charge in [-0.2, -0.15) is 0 Å². The third-order valence-electron chi connectivity index (χ3n) is 5.10. The van der Waals surface area contributed by atoms with Crippen LogP contribution in [-0.4, -0.2) is 25.0 Å². The minimum atomic E-state index is -0.162. The summed E-state index contributed by atoms with van der Waals surface area (Å²) >= 11 is 0. The van der Waals surface area contributed by atoms with Gasteiger partial charge in [0, 0.05) is 17.8 Å². The van der Waals surface area contributed by atoms with E-state index in [1.807, 2.05) is 30.9 Å². The zero-order valence-electron chi connectivity index (χ0n) is 15.0. The van der Waals surface area contributed by atoms with Crippen molar-refractivity contribution in [1.82, 2.24) is 0 Å². The summed E-state index contributed by atoms with van der Waals surface area (Å²) in [6.45, 7) is 5.25. The molecule has 2 aromatic rings. The largest absolute Gasteiger partial charge is 0.494 e. The van der Waals surface area contributed by atoms with Gasteiger partial charge in [0.1, 0.15) is 5.75 Å². The predicted octanol–water partition coefficient (Wildman–Crippen LogP) is 3.73. The lowest BCUT2D eigenvalue weighted by Gasteiger charge is -2.26. The van der Waals surface area contributed by atoms with Crippen LogP contribution in [0.15, 0.2) is 36.4 Å². The van der Waals surface area contributed by atoms with Crippen molar-refractivity contribution < 1.29 is 14.3 Å². The van der Waals surface area contributed by atoms with Gasteiger partial charge < -0.3 is 15.0 Å². The molecule has 0 saturated heterocycles. The smallest absolute Gasteiger partial charge is 0.255 e. The van der Waals surface area contributed by atoms with Crippen LogP contribution < -0.4 is 15.0 Å². The van der Waals surface area contributed by atoms with E-state index in [4.69, 9.17) is 4.74 Å². The number of hydrogen-bond donors (Lipinski definition) is 1. The molecular formula is C21H22N2O3. The second-order valence-electron chi connectivity index (χ2n) is 6.80. The zero-order valence-corrected chi connectivity index (χ0v) is 15.0. The van der Waals surface area contributed by atoms with E-state index in [1.165, 1.54) is 0 Å². The molecular weight excluding hydrogens is 328 g/mol. The highest BCUT2D eigenvalue weighted by molar-refractivity contribution is 6.08. The van der Waals surface area contributed by atoms with Crippen LogP contribution in [0.25, 0.3) is 0 Å². The Labute approximate surface area is 153 Å². The van der Waals surface area contributed by atoms with E-state index in [1.54, 1.807) is 24.3 Å². The molecule has 2 amide bonds. The van der Waals surface area contributed by atoms with Gasteiger partial charge in [-0.1, -0.05) is 0 Å². The van der Waals surface area contributed by atoms with Gasteiger partial charge in [0.05, 0.1) is 18.2 Å². The Hall–Kier alpha value is -2.82. The first-order valence-corrected chi connectivity index (χ1v) is 9.11. The number of amides is 2. The van der Waals surface area contributed by atoms with E-state index in [0.717, 1.165) is 47.6 Å². The Morgan fingerprint density at radius 2 is 2.04 bits per heavy atom. The lowest BCUT2D eigenvalue weighted by Crippen LogP contribution is -2.32. The fraction of sp³-hybridized carbons (Fsp3) is 0.333. The van der Waals surface area contributed by atoms with Crippen molar-refractivity contribution in [1.29, 1.82) is 0 Å². The number of carbonyl (C=O) groups is 2. The number of rotatable bonds is 4. The van der Waals surface area contributed by atoms with Gasteiger partial charge in [0.15, 0.2) is 0 Å². The molecule has 4 rings (SSSR count). The van der Waals surface area contributed by atoms with Crippen molar-refractivity contribution in [3.05, 3.63) is 53.1 Å². The summed E-state index contributed by atoms with van der Waals surface area (Å²) in [6, 6.07) is 11.0. The number of ether oxygens (including phenoxy) is 1. The van der Waals surface area contributed by atoms with E-state index < -0.39 is 0 Å². The first kappa shape index (κ1) is 16.6. The molecule has 5 heteroatoms. The summed E-state index contributed by atoms with van der Waals surface area (Å²) in [4.78, 5) is 26.9. The molecule has 0 saturated carbocycles. The van der Waals surface area contributed by atoms with Gasteiger partial charge in [-0.3, -0.25) is 9.59 Å². The Kier molecular flexibility index (Phi) is 4.15. The van der Waals surface area contributed by atoms with Crippen molar-refractivity contribution in [2.75, 3.05) is 23.4 Å². The fourth-order valence-electron chi connectivity index (χ4n) is 3.84. The molecule has 134 valence electrons. The van der Waals surface area contributed by atoms with Gasteiger partial charge in [-0.05, 0) is 74.2 Å². The highest BCUT2D eigenvalue weighted by Crippen LogP contribution is 2.44. The molecule has 0 spiro atoms. The number of anilines is 2. The molecule has 0 aliphatic carbocycles. The predicted molar refractivity (Wildman–Crippen MR) is 101 cm³/mol. The van der Waals surface area contributed by atoms with Gasteiger partial charge in [0.2, 0.25) is 5.91 Å². The Bertz CT molecular complexity index is 874. The van der Waals surface area contributed by atoms with Crippen molar-refractivity contribution >= 4 is 23.2 Å². The van der Waals surface area contributed by atoms with Crippen LogP contribution in [-0.2, 0) is 11.2 Å². The molecule has 5 nitrogen and oxygen atoms in total. The topological polar surface area (TPSA) is 58.6 Å². The summed E-state index contributed by atoms with van der Waals surface area (Å²) in [5.74, 6) is 0.600. The molecule has 1 N–H and O–H groups in total. The normalized spacial score (nSPS) is 17.8. The first-order valence-electron chi connectivity index (χ1n) is 9.11. The second kappa shape index (κ2) is 6.48. The van der Waals surface area contributed by atoms with Crippen molar-refractivity contribution in [3.8, 4) is 5.75 Å². The van der Waals surface area contributed by atoms with E-state index in [0.29, 0.717) is 12.2 Å². The lowest BCUT2D eigenvalue weighted by molar-refractivity contribution is -0.119. The van der Waals surface area contributed by atoms with E-state index in [-0.39, 0.29) is 17.7 Å². The summed E-state index contributed by atoms with van der Waals surface area (Å²) < 4.78 is 5.41. The molecule has 2 aliphatic rings. The quantitative estimate of drug-likeness (QED) is 0.914. The molecule has 0 fully saturated rings. The minimum Gasteiger partial charge on any atom is -0.494 e. The summed E-state index contributed by atoms with van der Waals surface area (Å²) in [7, 11) is 0. The molecule has 0 radical (unpaired) electrons. The Morgan fingerprint density at radius 1 is 1.27 bits per heavy atom. The third kappa shape index (κ3) is 2.73. The summed E-state index contributed by atoms with van der Waals surface area (Å²) in [6.07, 6.45) is 1.90. The Morgan fingerprint density at radius 3 is 2.77 bits per heavy atom. The Balaban J connectivity index is 1.59. The number of carbonyl (C=O) groups excluding carboxylic acids is 2. The van der Waals surface area contributed by atoms with Crippen LogP contribution in [0.4, 0.5) is 11.4 Å². The summed E-state index contributed by atoms with van der Waals surface area (Å²) in [5.41, 5.74) is 4.56. The first-order chi connectivity index (χ1) is 12.6. The van der Waals surface area contributed by atoms with Crippen molar-refractivity contribution in [2.45, 2.75) is 32.6 Å². The molecule has 0 aromatic heterocycles. The van der Waals surface area contributed by atoms with Crippen LogP contribution >= 0.6 is 0 Å². The third-order valence-corrected chi connectivity index (χ3v) is 5.10. The highest BCUT2D eigenvalue weighted by Gasteiger charge is 2.37. The molecule has 1 atom stereocenters. The van der Waals surface area contributed by atoms with Crippen molar-refractivity contribution in [2.24, 2.45) is 0 Å². The number of aryl methyl sites for hydroxylation is 1. The van der Waals surface area contributed by atoms with E-state index >= 15 is 0 Å². The lowest BCUT2D eigenvalue weighted by atomic mass is 9.96. The van der Waals surface area contributed by atoms with Crippen LogP contribution in [0, 0.1) is 0 Å². The van der Waals surface area contributed by atoms with E-state index in [2.05, 4.69) is 5.32 Å². The molecule has 26 heavy (non-hydrogen) atoms. The van der Waals surface area contributed by atoms with Crippen LogP contribution in [0.1, 0.15) is 47.7 Å². The average molecular weight is 350 g/mol. The highest BCUT2D eigenvalue weighted by atomic mass is 16.5. The van der Waals surface area contributed by atoms with Gasteiger partial charge in [-0.15, -0.1) is 0 Å². The SMILES string of the molecule is CCOc1ccc(C(=O)Nc2cc3c4c(c2)C(C)C(=O)N4CCC3)cc1. The van der Waals surface area contributed by atoms with Crippen LogP contribution in [0.5, 0.6) is 5.75 Å².